The van der Waals surface area contributed by atoms with Gasteiger partial charge in [0.2, 0.25) is 0 Å². The Labute approximate surface area is 183 Å². The highest BCUT2D eigenvalue weighted by molar-refractivity contribution is 5.80. The maximum Gasteiger partial charge on any atom is 0.416 e. The van der Waals surface area contributed by atoms with E-state index in [1.54, 1.807) is 18.2 Å². The Balaban J connectivity index is 1.48. The van der Waals surface area contributed by atoms with Gasteiger partial charge < -0.3 is 9.47 Å². The van der Waals surface area contributed by atoms with Crippen LogP contribution in [0.2, 0.25) is 0 Å². The van der Waals surface area contributed by atoms with Crippen LogP contribution >= 0.6 is 0 Å². The van der Waals surface area contributed by atoms with Crippen molar-refractivity contribution >= 4 is 23.1 Å². The number of pyridine rings is 1. The number of alkyl halides is 3. The Morgan fingerprint density at radius 2 is 1.69 bits per heavy atom. The van der Waals surface area contributed by atoms with E-state index in [4.69, 9.17) is 9.47 Å². The molecule has 0 unspecified atom stereocenters. The van der Waals surface area contributed by atoms with Gasteiger partial charge in [-0.2, -0.15) is 13.2 Å². The number of rotatable bonds is 6. The van der Waals surface area contributed by atoms with Gasteiger partial charge in [0.25, 0.3) is 0 Å². The second-order valence-corrected chi connectivity index (χ2v) is 7.16. The molecule has 0 bridgehead atoms. The number of para-hydroxylation sites is 1. The molecule has 0 amide bonds. The number of fused-ring (bicyclic) bond motifs is 1. The fourth-order valence-corrected chi connectivity index (χ4v) is 3.26. The molecule has 0 saturated carbocycles. The number of ether oxygens (including phenoxy) is 2. The third-order valence-electron chi connectivity index (χ3n) is 4.90. The van der Waals surface area contributed by atoms with Crippen molar-refractivity contribution in [1.82, 2.24) is 4.98 Å². The largest absolute Gasteiger partial charge is 0.493 e. The molecule has 6 heteroatoms. The summed E-state index contributed by atoms with van der Waals surface area (Å²) in [6.45, 7) is -0.00350. The van der Waals surface area contributed by atoms with E-state index in [0.29, 0.717) is 17.1 Å². The Morgan fingerprint density at radius 1 is 0.844 bits per heavy atom. The van der Waals surface area contributed by atoms with Gasteiger partial charge in [-0.25, -0.2) is 4.98 Å². The second-order valence-electron chi connectivity index (χ2n) is 7.16. The molecule has 4 rings (SSSR count). The van der Waals surface area contributed by atoms with Gasteiger partial charge in [-0.1, -0.05) is 48.5 Å². The molecular weight excluding hydrogens is 415 g/mol. The van der Waals surface area contributed by atoms with Crippen LogP contribution in [0, 0.1) is 0 Å². The summed E-state index contributed by atoms with van der Waals surface area (Å²) in [5, 5.41) is 1.08. The first-order valence-corrected chi connectivity index (χ1v) is 9.93. The molecule has 32 heavy (non-hydrogen) atoms. The highest BCUT2D eigenvalue weighted by atomic mass is 19.4. The maximum atomic E-state index is 12.9. The third-order valence-corrected chi connectivity index (χ3v) is 4.90. The summed E-state index contributed by atoms with van der Waals surface area (Å²) in [6.07, 6.45) is -0.567. The average Bonchev–Trinajstić information content (AvgIpc) is 2.81. The van der Waals surface area contributed by atoms with E-state index in [1.807, 2.05) is 54.6 Å². The van der Waals surface area contributed by atoms with Crippen molar-refractivity contribution in [3.8, 4) is 11.5 Å². The van der Waals surface area contributed by atoms with Crippen molar-refractivity contribution in [2.75, 3.05) is 7.11 Å². The fraction of sp³-hybridized carbons (Fsp3) is 0.115. The summed E-state index contributed by atoms with van der Waals surface area (Å²) in [4.78, 5) is 4.61. The van der Waals surface area contributed by atoms with E-state index < -0.39 is 11.7 Å². The number of benzene rings is 3. The van der Waals surface area contributed by atoms with Crippen molar-refractivity contribution in [2.24, 2.45) is 0 Å². The number of methoxy groups -OCH3 is 1. The first-order valence-electron chi connectivity index (χ1n) is 9.93. The van der Waals surface area contributed by atoms with Gasteiger partial charge in [0.15, 0.2) is 11.5 Å². The first kappa shape index (κ1) is 21.4. The zero-order chi connectivity index (χ0) is 22.6. The minimum Gasteiger partial charge on any atom is -0.493 e. The van der Waals surface area contributed by atoms with Gasteiger partial charge in [0.1, 0.15) is 6.61 Å². The molecule has 0 aliphatic rings. The Bertz CT molecular complexity index is 1270. The molecule has 0 radical (unpaired) electrons. The van der Waals surface area contributed by atoms with E-state index in [1.165, 1.54) is 13.2 Å². The monoisotopic (exact) mass is 435 g/mol. The molecule has 0 aliphatic heterocycles. The van der Waals surface area contributed by atoms with Crippen LogP contribution in [-0.4, -0.2) is 12.1 Å². The molecule has 3 aromatic carbocycles. The summed E-state index contributed by atoms with van der Waals surface area (Å²) < 4.78 is 49.8. The van der Waals surface area contributed by atoms with E-state index in [-0.39, 0.29) is 6.61 Å². The van der Waals surface area contributed by atoms with Gasteiger partial charge in [0.05, 0.1) is 23.9 Å². The molecule has 3 nitrogen and oxygen atoms in total. The SMILES string of the molecule is COc1cc(C=Cc2ccc3ccccc3n2)ccc1OCc1cccc(C(F)(F)F)c1. The van der Waals surface area contributed by atoms with Crippen LogP contribution in [0.3, 0.4) is 0 Å². The topological polar surface area (TPSA) is 31.4 Å². The van der Waals surface area contributed by atoms with E-state index in [9.17, 15) is 13.2 Å². The van der Waals surface area contributed by atoms with Gasteiger partial charge in [-0.15, -0.1) is 0 Å². The Kier molecular flexibility index (Phi) is 6.12. The molecule has 0 N–H and O–H groups in total. The number of nitrogens with zero attached hydrogens (tertiary/aromatic N) is 1. The summed E-state index contributed by atoms with van der Waals surface area (Å²) in [7, 11) is 1.52. The van der Waals surface area contributed by atoms with Gasteiger partial charge in [-0.3, -0.25) is 0 Å². The molecule has 162 valence electrons. The van der Waals surface area contributed by atoms with Crippen LogP contribution in [-0.2, 0) is 12.8 Å². The van der Waals surface area contributed by atoms with E-state index >= 15 is 0 Å². The molecule has 0 saturated heterocycles. The van der Waals surface area contributed by atoms with Gasteiger partial charge in [-0.05, 0) is 53.6 Å². The first-order chi connectivity index (χ1) is 15.4. The van der Waals surface area contributed by atoms with Crippen LogP contribution in [0.4, 0.5) is 13.2 Å². The summed E-state index contributed by atoms with van der Waals surface area (Å²) in [5.41, 5.74) is 2.35. The molecule has 0 spiro atoms. The van der Waals surface area contributed by atoms with Crippen molar-refractivity contribution in [2.45, 2.75) is 12.8 Å². The number of aromatic nitrogens is 1. The van der Waals surface area contributed by atoms with Crippen molar-refractivity contribution in [3.05, 3.63) is 101 Å². The Hall–Kier alpha value is -3.80. The van der Waals surface area contributed by atoms with E-state index in [2.05, 4.69) is 4.98 Å². The lowest BCUT2D eigenvalue weighted by Crippen LogP contribution is -2.06. The molecule has 0 atom stereocenters. The van der Waals surface area contributed by atoms with Crippen LogP contribution < -0.4 is 9.47 Å². The minimum atomic E-state index is -4.39. The highest BCUT2D eigenvalue weighted by Gasteiger charge is 2.30. The minimum absolute atomic E-state index is 0.00350. The molecule has 1 aromatic heterocycles. The molecule has 0 aliphatic carbocycles. The third kappa shape index (κ3) is 5.09. The van der Waals surface area contributed by atoms with Crippen LogP contribution in [0.25, 0.3) is 23.1 Å². The van der Waals surface area contributed by atoms with Gasteiger partial charge in [0, 0.05) is 5.39 Å². The molecule has 4 aromatic rings. The molecule has 1 heterocycles. The van der Waals surface area contributed by atoms with E-state index in [0.717, 1.165) is 34.3 Å². The predicted octanol–water partition coefficient (Wildman–Crippen LogP) is 7.01. The Morgan fingerprint density at radius 3 is 2.50 bits per heavy atom. The standard InChI is InChI=1S/C26H20F3NO2/c1-31-25-16-18(9-12-22-13-11-20-6-2-3-8-23(20)30-22)10-14-24(25)32-17-19-5-4-7-21(15-19)26(27,28)29/h2-16H,17H2,1H3. The fourth-order valence-electron chi connectivity index (χ4n) is 3.26. The van der Waals surface area contributed by atoms with Crippen LogP contribution in [0.15, 0.2) is 78.9 Å². The lowest BCUT2D eigenvalue weighted by atomic mass is 10.1. The van der Waals surface area contributed by atoms with Crippen molar-refractivity contribution in [3.63, 3.8) is 0 Å². The highest BCUT2D eigenvalue weighted by Crippen LogP contribution is 2.32. The lowest BCUT2D eigenvalue weighted by Gasteiger charge is -2.13. The number of hydrogen-bond acceptors (Lipinski definition) is 3. The van der Waals surface area contributed by atoms with Crippen molar-refractivity contribution < 1.29 is 22.6 Å². The van der Waals surface area contributed by atoms with Gasteiger partial charge >= 0.3 is 6.18 Å². The predicted molar refractivity (Wildman–Crippen MR) is 119 cm³/mol. The quantitative estimate of drug-likeness (QED) is 0.326. The average molecular weight is 435 g/mol. The normalized spacial score (nSPS) is 11.8. The zero-order valence-electron chi connectivity index (χ0n) is 17.3. The molecular formula is C26H20F3NO2. The summed E-state index contributed by atoms with van der Waals surface area (Å²) >= 11 is 0. The summed E-state index contributed by atoms with van der Waals surface area (Å²) in [5.74, 6) is 0.941. The number of hydrogen-bond donors (Lipinski definition) is 0. The number of halogens is 3. The molecule has 0 fully saturated rings. The second kappa shape index (κ2) is 9.14. The zero-order valence-corrected chi connectivity index (χ0v) is 17.3. The van der Waals surface area contributed by atoms with Crippen LogP contribution in [0.5, 0.6) is 11.5 Å². The maximum absolute atomic E-state index is 12.9. The lowest BCUT2D eigenvalue weighted by molar-refractivity contribution is -0.137. The summed E-state index contributed by atoms with van der Waals surface area (Å²) in [6, 6.07) is 22.3. The van der Waals surface area contributed by atoms with Crippen molar-refractivity contribution in [1.29, 1.82) is 0 Å². The smallest absolute Gasteiger partial charge is 0.416 e. The van der Waals surface area contributed by atoms with Crippen LogP contribution in [0.1, 0.15) is 22.4 Å².